The molecule has 0 saturated heterocycles. The maximum Gasteiger partial charge on any atom is 0.0159 e. The molecule has 10 aromatic carbocycles. The quantitative estimate of drug-likeness (QED) is 0.129. The van der Waals surface area contributed by atoms with E-state index in [1.54, 1.807) is 0 Å². The first kappa shape index (κ1) is 28.6. The van der Waals surface area contributed by atoms with Gasteiger partial charge in [0.15, 0.2) is 0 Å². The first-order valence-corrected chi connectivity index (χ1v) is 18.0. The minimum atomic E-state index is -0.104. The SMILES string of the molecule is CC1(C)c2cc3ccccc3cc2-c2c(-c3c4ccccc4c(-c4cccc5c4ccc4cc6ccccc6cc45)c4ccccc34)cccc21. The molecule has 0 amide bonds. The molecule has 10 aromatic rings. The standard InChI is InChI=1S/C51H34/c1-51(2)46-24-12-23-43(50(46)45-29-33-15-5-6-16-34(33)30-47(45)51)49-41-19-9-7-17-39(41)48(40-18-8-10-20-42(40)49)38-22-11-21-36-37(38)26-25-35-27-31-13-3-4-14-32(31)28-44(35)36/h3-30H,1-2H3. The van der Waals surface area contributed by atoms with Gasteiger partial charge in [0.05, 0.1) is 0 Å². The Morgan fingerprint density at radius 1 is 0.275 bits per heavy atom. The van der Waals surface area contributed by atoms with E-state index in [0.717, 1.165) is 0 Å². The molecule has 238 valence electrons. The van der Waals surface area contributed by atoms with Gasteiger partial charge in [0.2, 0.25) is 0 Å². The highest BCUT2D eigenvalue weighted by Crippen LogP contribution is 2.55. The molecule has 0 nitrogen and oxygen atoms in total. The first-order chi connectivity index (χ1) is 25.1. The fraction of sp³-hybridized carbons (Fsp3) is 0.0588. The van der Waals surface area contributed by atoms with Crippen molar-refractivity contribution in [1.82, 2.24) is 0 Å². The number of benzene rings is 10. The zero-order valence-electron chi connectivity index (χ0n) is 28.7. The van der Waals surface area contributed by atoms with E-state index in [2.05, 4.69) is 184 Å². The molecule has 0 bridgehead atoms. The number of rotatable bonds is 2. The van der Waals surface area contributed by atoms with Crippen LogP contribution in [-0.2, 0) is 5.41 Å². The van der Waals surface area contributed by atoms with Crippen molar-refractivity contribution in [3.8, 4) is 33.4 Å². The maximum absolute atomic E-state index is 2.43. The van der Waals surface area contributed by atoms with Gasteiger partial charge in [0.25, 0.3) is 0 Å². The van der Waals surface area contributed by atoms with Crippen molar-refractivity contribution in [2.24, 2.45) is 0 Å². The van der Waals surface area contributed by atoms with E-state index in [-0.39, 0.29) is 5.41 Å². The van der Waals surface area contributed by atoms with Crippen LogP contribution in [0.3, 0.4) is 0 Å². The second-order valence-electron chi connectivity index (χ2n) is 14.8. The van der Waals surface area contributed by atoms with Gasteiger partial charge in [-0.3, -0.25) is 0 Å². The minimum Gasteiger partial charge on any atom is -0.0616 e. The summed E-state index contributed by atoms with van der Waals surface area (Å²) >= 11 is 0. The van der Waals surface area contributed by atoms with Crippen LogP contribution >= 0.6 is 0 Å². The molecular formula is C51H34. The van der Waals surface area contributed by atoms with Gasteiger partial charge in [0.1, 0.15) is 0 Å². The average Bonchev–Trinajstić information content (AvgIpc) is 3.40. The molecule has 0 heterocycles. The number of hydrogen-bond donors (Lipinski definition) is 0. The monoisotopic (exact) mass is 646 g/mol. The van der Waals surface area contributed by atoms with E-state index in [1.807, 2.05) is 0 Å². The van der Waals surface area contributed by atoms with Gasteiger partial charge in [-0.1, -0.05) is 159 Å². The first-order valence-electron chi connectivity index (χ1n) is 18.0. The van der Waals surface area contributed by atoms with Crippen molar-refractivity contribution >= 4 is 64.6 Å². The van der Waals surface area contributed by atoms with Crippen molar-refractivity contribution < 1.29 is 0 Å². The van der Waals surface area contributed by atoms with Crippen LogP contribution in [0, 0.1) is 0 Å². The Hall–Kier alpha value is -6.24. The van der Waals surface area contributed by atoms with E-state index in [9.17, 15) is 0 Å². The molecule has 0 atom stereocenters. The fourth-order valence-corrected chi connectivity index (χ4v) is 9.39. The molecule has 0 unspecified atom stereocenters. The van der Waals surface area contributed by atoms with Crippen molar-refractivity contribution in [2.75, 3.05) is 0 Å². The van der Waals surface area contributed by atoms with Crippen LogP contribution in [0.1, 0.15) is 25.0 Å². The Morgan fingerprint density at radius 3 is 1.45 bits per heavy atom. The summed E-state index contributed by atoms with van der Waals surface area (Å²) in [5.41, 5.74) is 10.6. The van der Waals surface area contributed by atoms with Crippen molar-refractivity contribution in [1.29, 1.82) is 0 Å². The minimum absolute atomic E-state index is 0.104. The second kappa shape index (κ2) is 10.4. The van der Waals surface area contributed by atoms with Gasteiger partial charge < -0.3 is 0 Å². The van der Waals surface area contributed by atoms with Gasteiger partial charge >= 0.3 is 0 Å². The third-order valence-electron chi connectivity index (χ3n) is 11.8. The molecule has 0 N–H and O–H groups in total. The predicted octanol–water partition coefficient (Wildman–Crippen LogP) is 14.2. The lowest BCUT2D eigenvalue weighted by Gasteiger charge is -2.23. The zero-order valence-corrected chi connectivity index (χ0v) is 28.7. The van der Waals surface area contributed by atoms with Gasteiger partial charge in [-0.15, -0.1) is 0 Å². The smallest absolute Gasteiger partial charge is 0.0159 e. The highest BCUT2D eigenvalue weighted by atomic mass is 14.4. The van der Waals surface area contributed by atoms with E-state index in [1.165, 1.54) is 109 Å². The van der Waals surface area contributed by atoms with E-state index in [0.29, 0.717) is 0 Å². The zero-order chi connectivity index (χ0) is 33.8. The Balaban J connectivity index is 1.24. The van der Waals surface area contributed by atoms with E-state index < -0.39 is 0 Å². The molecule has 51 heavy (non-hydrogen) atoms. The molecule has 1 aliphatic rings. The lowest BCUT2D eigenvalue weighted by molar-refractivity contribution is 0.661. The van der Waals surface area contributed by atoms with Crippen LogP contribution in [-0.4, -0.2) is 0 Å². The summed E-state index contributed by atoms with van der Waals surface area (Å²) < 4.78 is 0. The van der Waals surface area contributed by atoms with Gasteiger partial charge in [0, 0.05) is 5.41 Å². The van der Waals surface area contributed by atoms with E-state index >= 15 is 0 Å². The molecule has 1 aliphatic carbocycles. The summed E-state index contributed by atoms with van der Waals surface area (Å²) in [6.45, 7) is 4.78. The molecule has 11 rings (SSSR count). The molecule has 0 spiro atoms. The molecular weight excluding hydrogens is 613 g/mol. The van der Waals surface area contributed by atoms with Crippen LogP contribution in [0.5, 0.6) is 0 Å². The Bertz CT molecular complexity index is 3050. The summed E-state index contributed by atoms with van der Waals surface area (Å²) in [5, 5.41) is 15.4. The summed E-state index contributed by atoms with van der Waals surface area (Å²) in [6, 6.07) is 63.7. The Kier molecular flexibility index (Phi) is 5.82. The van der Waals surface area contributed by atoms with Crippen molar-refractivity contribution in [3.05, 3.63) is 181 Å². The highest BCUT2D eigenvalue weighted by Gasteiger charge is 2.37. The van der Waals surface area contributed by atoms with Crippen LogP contribution in [0.4, 0.5) is 0 Å². The van der Waals surface area contributed by atoms with Crippen LogP contribution in [0.2, 0.25) is 0 Å². The number of fused-ring (bicyclic) bond motifs is 10. The molecule has 0 heteroatoms. The van der Waals surface area contributed by atoms with Crippen molar-refractivity contribution in [3.63, 3.8) is 0 Å². The normalized spacial score (nSPS) is 13.5. The topological polar surface area (TPSA) is 0 Å². The largest absolute Gasteiger partial charge is 0.0616 e. The second-order valence-corrected chi connectivity index (χ2v) is 14.8. The Labute approximate surface area is 297 Å². The van der Waals surface area contributed by atoms with E-state index in [4.69, 9.17) is 0 Å². The predicted molar refractivity (Wildman–Crippen MR) is 220 cm³/mol. The summed E-state index contributed by atoms with van der Waals surface area (Å²) in [7, 11) is 0. The number of hydrogen-bond acceptors (Lipinski definition) is 0. The van der Waals surface area contributed by atoms with Crippen LogP contribution < -0.4 is 0 Å². The van der Waals surface area contributed by atoms with Crippen LogP contribution in [0.15, 0.2) is 170 Å². The Morgan fingerprint density at radius 2 is 0.784 bits per heavy atom. The highest BCUT2D eigenvalue weighted by molar-refractivity contribution is 6.26. The summed E-state index contributed by atoms with van der Waals surface area (Å²) in [5.74, 6) is 0. The maximum atomic E-state index is 2.43. The fourth-order valence-electron chi connectivity index (χ4n) is 9.39. The summed E-state index contributed by atoms with van der Waals surface area (Å²) in [4.78, 5) is 0. The van der Waals surface area contributed by atoms with Crippen LogP contribution in [0.25, 0.3) is 98.0 Å². The lowest BCUT2D eigenvalue weighted by Crippen LogP contribution is -2.14. The molecule has 0 aliphatic heterocycles. The van der Waals surface area contributed by atoms with Gasteiger partial charge in [-0.05, 0) is 133 Å². The molecule has 0 radical (unpaired) electrons. The molecule has 0 fully saturated rings. The van der Waals surface area contributed by atoms with Gasteiger partial charge in [-0.25, -0.2) is 0 Å². The third-order valence-corrected chi connectivity index (χ3v) is 11.8. The third kappa shape index (κ3) is 3.96. The lowest BCUT2D eigenvalue weighted by atomic mass is 9.80. The average molecular weight is 647 g/mol. The van der Waals surface area contributed by atoms with Crippen molar-refractivity contribution in [2.45, 2.75) is 19.3 Å². The summed E-state index contributed by atoms with van der Waals surface area (Å²) in [6.07, 6.45) is 0. The van der Waals surface area contributed by atoms with Gasteiger partial charge in [-0.2, -0.15) is 0 Å². The molecule has 0 aromatic heterocycles. The molecule has 0 saturated carbocycles.